The summed E-state index contributed by atoms with van der Waals surface area (Å²) in [4.78, 5) is 13.1. The Bertz CT molecular complexity index is 1720. The lowest BCUT2D eigenvalue weighted by molar-refractivity contribution is -0.332. The van der Waals surface area contributed by atoms with Crippen molar-refractivity contribution in [2.45, 2.75) is 261 Å². The van der Waals surface area contributed by atoms with E-state index in [1.807, 2.05) is 0 Å². The molecule has 11 atom stereocenters. The van der Waals surface area contributed by atoms with Crippen LogP contribution in [0.2, 0.25) is 0 Å². The summed E-state index contributed by atoms with van der Waals surface area (Å²) in [6, 6.07) is 0. The molecule has 0 saturated carbocycles. The molecule has 0 aromatic heterocycles. The minimum Gasteiger partial charge on any atom is -0.457 e. The summed E-state index contributed by atoms with van der Waals surface area (Å²) in [5.41, 5.74) is 0. The van der Waals surface area contributed by atoms with Gasteiger partial charge in [0, 0.05) is 13.0 Å². The highest BCUT2D eigenvalue weighted by Crippen LogP contribution is 2.26. The van der Waals surface area contributed by atoms with Gasteiger partial charge < -0.3 is 64.2 Å². The molecule has 2 rings (SSSR count). The zero-order valence-electron chi connectivity index (χ0n) is 48.6. The maximum atomic E-state index is 13.1. The van der Waals surface area contributed by atoms with Crippen molar-refractivity contribution < 1.29 is 69.0 Å². The molecule has 7 N–H and O–H groups in total. The van der Waals surface area contributed by atoms with E-state index >= 15 is 0 Å². The summed E-state index contributed by atoms with van der Waals surface area (Å²) in [6.45, 7) is 3.49. The minimum absolute atomic E-state index is 0.0413. The van der Waals surface area contributed by atoms with Gasteiger partial charge in [-0.05, 0) is 103 Å². The van der Waals surface area contributed by atoms with E-state index in [9.17, 15) is 40.5 Å². The van der Waals surface area contributed by atoms with Gasteiger partial charge in [0.05, 0.1) is 26.4 Å². The van der Waals surface area contributed by atoms with Gasteiger partial charge in [0.2, 0.25) is 0 Å². The third-order valence-electron chi connectivity index (χ3n) is 13.8. The second kappa shape index (κ2) is 50.4. The van der Waals surface area contributed by atoms with Gasteiger partial charge in [-0.3, -0.25) is 4.79 Å². The number of aliphatic hydroxyl groups is 7. The van der Waals surface area contributed by atoms with Gasteiger partial charge in [-0.2, -0.15) is 0 Å². The van der Waals surface area contributed by atoms with Crippen molar-refractivity contribution in [3.05, 3.63) is 109 Å². The molecule has 2 aliphatic rings. The van der Waals surface area contributed by atoms with E-state index in [4.69, 9.17) is 28.4 Å². The van der Waals surface area contributed by atoms with Gasteiger partial charge in [-0.25, -0.2) is 0 Å². The molecule has 0 spiro atoms. The number of unbranched alkanes of at least 4 members (excludes halogenated alkanes) is 16. The van der Waals surface area contributed by atoms with E-state index in [0.717, 1.165) is 122 Å². The van der Waals surface area contributed by atoms with Gasteiger partial charge in [-0.1, -0.05) is 194 Å². The molecule has 0 aliphatic carbocycles. The SMILES string of the molecule is CC/C=C\C/C=C\C/C=C\C/C=C\C/C=C\C/C=C\CCCCCCCCC(=O)OC(COCCCCCCCCC/C=C\C/C=C\C/C=C\CCCCC)COC1OC(COC2OC(CO)C(O)C(O)C2O)C(O)C(O)C1O. The molecule has 0 radical (unpaired) electrons. The topological polar surface area (TPSA) is 214 Å². The molecular formula is C65H108O14. The largest absolute Gasteiger partial charge is 0.457 e. The lowest BCUT2D eigenvalue weighted by Gasteiger charge is -2.42. The molecule has 0 aromatic carbocycles. The van der Waals surface area contributed by atoms with Crippen LogP contribution in [-0.2, 0) is 33.2 Å². The van der Waals surface area contributed by atoms with Crippen molar-refractivity contribution in [3.8, 4) is 0 Å². The molecule has 0 aromatic rings. The standard InChI is InChI=1S/C65H108O14/c1-3-5-7-9-11-13-15-17-19-21-23-25-26-27-28-29-30-32-34-36-38-40-42-44-46-48-57(67)77-54(51-74-49-47-45-43-41-39-37-35-33-31-24-22-20-18-16-14-12-10-8-6-4-2)52-75-64-63(73)61(71)59(69)56(79-64)53-76-65-62(72)60(70)58(68)55(50-66)78-65/h5,7,11-14,17-20,23-25,27-28,30-32,54-56,58-66,68-73H,3-4,6,8-10,15-16,21-22,26,29,33-53H2,1-2H3/b7-5-,13-11-,14-12-,19-17-,20-18-,25-23-,28-27-,31-24-,32-30-. The van der Waals surface area contributed by atoms with Gasteiger partial charge in [-0.15, -0.1) is 0 Å². The van der Waals surface area contributed by atoms with E-state index in [-0.39, 0.29) is 19.6 Å². The third-order valence-corrected chi connectivity index (χ3v) is 13.8. The Hall–Kier alpha value is -3.35. The zero-order chi connectivity index (χ0) is 57.2. The predicted molar refractivity (Wildman–Crippen MR) is 316 cm³/mol. The number of rotatable bonds is 48. The number of carbonyl (C=O) groups excluding carboxylic acids is 1. The van der Waals surface area contributed by atoms with Crippen LogP contribution in [0.4, 0.5) is 0 Å². The number of allylic oxidation sites excluding steroid dienone is 18. The van der Waals surface area contributed by atoms with Gasteiger partial charge in [0.1, 0.15) is 54.9 Å². The van der Waals surface area contributed by atoms with E-state index < -0.39 is 86.7 Å². The van der Waals surface area contributed by atoms with Crippen LogP contribution >= 0.6 is 0 Å². The molecule has 2 heterocycles. The number of aliphatic hydroxyl groups excluding tert-OH is 7. The summed E-state index contributed by atoms with van der Waals surface area (Å²) in [5, 5.41) is 72.4. The first-order valence-corrected chi connectivity index (χ1v) is 30.5. The smallest absolute Gasteiger partial charge is 0.306 e. The van der Waals surface area contributed by atoms with Crippen LogP contribution in [0.25, 0.3) is 0 Å². The van der Waals surface area contributed by atoms with Crippen LogP contribution in [0, 0.1) is 0 Å². The lowest BCUT2D eigenvalue weighted by Crippen LogP contribution is -2.61. The first kappa shape index (κ1) is 71.8. The Morgan fingerprint density at radius 1 is 0.430 bits per heavy atom. The number of carbonyl (C=O) groups is 1. The maximum absolute atomic E-state index is 13.1. The first-order valence-electron chi connectivity index (χ1n) is 30.5. The second-order valence-corrected chi connectivity index (χ2v) is 20.8. The van der Waals surface area contributed by atoms with Crippen molar-refractivity contribution in [1.82, 2.24) is 0 Å². The second-order valence-electron chi connectivity index (χ2n) is 20.8. The van der Waals surface area contributed by atoms with E-state index in [0.29, 0.717) is 13.0 Å². The molecule has 452 valence electrons. The van der Waals surface area contributed by atoms with E-state index in [1.165, 1.54) is 44.9 Å². The number of esters is 1. The highest BCUT2D eigenvalue weighted by Gasteiger charge is 2.47. The Labute approximate surface area is 476 Å². The van der Waals surface area contributed by atoms with Crippen molar-refractivity contribution in [3.63, 3.8) is 0 Å². The average molecular weight is 1110 g/mol. The first-order chi connectivity index (χ1) is 38.6. The number of hydrogen-bond acceptors (Lipinski definition) is 14. The van der Waals surface area contributed by atoms with Gasteiger partial charge in [0.25, 0.3) is 0 Å². The number of hydrogen-bond donors (Lipinski definition) is 7. The quantitative estimate of drug-likeness (QED) is 0.0172. The molecule has 14 nitrogen and oxygen atoms in total. The molecular weight excluding hydrogens is 1000 g/mol. The third kappa shape index (κ3) is 36.7. The molecule has 0 amide bonds. The Balaban J connectivity index is 1.72. The number of ether oxygens (including phenoxy) is 6. The zero-order valence-corrected chi connectivity index (χ0v) is 48.6. The summed E-state index contributed by atoms with van der Waals surface area (Å²) in [5.74, 6) is -0.398. The van der Waals surface area contributed by atoms with Crippen LogP contribution in [-0.4, -0.2) is 142 Å². The summed E-state index contributed by atoms with van der Waals surface area (Å²) in [7, 11) is 0. The molecule has 0 bridgehead atoms. The van der Waals surface area contributed by atoms with Gasteiger partial charge >= 0.3 is 5.97 Å². The molecule has 2 saturated heterocycles. The van der Waals surface area contributed by atoms with E-state index in [1.54, 1.807) is 0 Å². The fraction of sp³-hybridized carbons (Fsp3) is 0.708. The lowest BCUT2D eigenvalue weighted by atomic mass is 9.98. The minimum atomic E-state index is -1.72. The monoisotopic (exact) mass is 1110 g/mol. The van der Waals surface area contributed by atoms with Crippen molar-refractivity contribution in [2.75, 3.05) is 33.0 Å². The molecule has 11 unspecified atom stereocenters. The van der Waals surface area contributed by atoms with Crippen molar-refractivity contribution in [1.29, 1.82) is 0 Å². The molecule has 14 heteroatoms. The highest BCUT2D eigenvalue weighted by atomic mass is 16.7. The Morgan fingerprint density at radius 3 is 1.29 bits per heavy atom. The average Bonchev–Trinajstić information content (AvgIpc) is 3.46. The summed E-state index contributed by atoms with van der Waals surface area (Å²) < 4.78 is 34.4. The van der Waals surface area contributed by atoms with E-state index in [2.05, 4.69) is 123 Å². The van der Waals surface area contributed by atoms with Crippen molar-refractivity contribution in [2.24, 2.45) is 0 Å². The molecule has 2 aliphatic heterocycles. The van der Waals surface area contributed by atoms with Crippen LogP contribution in [0.1, 0.15) is 194 Å². The predicted octanol–water partition coefficient (Wildman–Crippen LogP) is 11.5. The fourth-order valence-corrected chi connectivity index (χ4v) is 8.88. The van der Waals surface area contributed by atoms with Crippen LogP contribution < -0.4 is 0 Å². The van der Waals surface area contributed by atoms with Crippen LogP contribution in [0.15, 0.2) is 109 Å². The normalized spacial score (nSPS) is 24.8. The van der Waals surface area contributed by atoms with Crippen LogP contribution in [0.5, 0.6) is 0 Å². The summed E-state index contributed by atoms with van der Waals surface area (Å²) >= 11 is 0. The van der Waals surface area contributed by atoms with Crippen LogP contribution in [0.3, 0.4) is 0 Å². The summed E-state index contributed by atoms with van der Waals surface area (Å²) in [6.07, 6.45) is 52.8. The highest BCUT2D eigenvalue weighted by molar-refractivity contribution is 5.69. The van der Waals surface area contributed by atoms with Crippen molar-refractivity contribution >= 4 is 5.97 Å². The van der Waals surface area contributed by atoms with Gasteiger partial charge in [0.15, 0.2) is 12.6 Å². The Morgan fingerprint density at radius 2 is 0.823 bits per heavy atom. The molecule has 2 fully saturated rings. The maximum Gasteiger partial charge on any atom is 0.306 e. The molecule has 79 heavy (non-hydrogen) atoms. The fourth-order valence-electron chi connectivity index (χ4n) is 8.88. The Kier molecular flexibility index (Phi) is 45.8.